The summed E-state index contributed by atoms with van der Waals surface area (Å²) in [6.45, 7) is 4.20. The summed E-state index contributed by atoms with van der Waals surface area (Å²) in [5.74, 6) is 1.78. The number of ether oxygens (including phenoxy) is 1. The van der Waals surface area contributed by atoms with Gasteiger partial charge in [0.1, 0.15) is 5.82 Å². The van der Waals surface area contributed by atoms with Gasteiger partial charge < -0.3 is 9.64 Å². The lowest BCUT2D eigenvalue weighted by Crippen LogP contribution is -2.64. The molecule has 2 aliphatic rings. The summed E-state index contributed by atoms with van der Waals surface area (Å²) in [7, 11) is 1.81. The van der Waals surface area contributed by atoms with Crippen molar-refractivity contribution in [3.63, 3.8) is 0 Å². The fourth-order valence-corrected chi connectivity index (χ4v) is 4.33. The molecule has 5 heteroatoms. The van der Waals surface area contributed by atoms with Crippen LogP contribution in [0.2, 0.25) is 0 Å². The van der Waals surface area contributed by atoms with Crippen molar-refractivity contribution in [2.45, 2.75) is 25.9 Å². The maximum Gasteiger partial charge on any atom is 0.161 e. The van der Waals surface area contributed by atoms with Crippen molar-refractivity contribution in [2.24, 2.45) is 5.41 Å². The number of hydrogen-bond donors (Lipinski definition) is 0. The van der Waals surface area contributed by atoms with Crippen LogP contribution in [0.15, 0.2) is 42.6 Å². The smallest absolute Gasteiger partial charge is 0.161 e. The fraction of sp³-hybridized carbons (Fsp3) is 0.381. The van der Waals surface area contributed by atoms with Gasteiger partial charge in [0.05, 0.1) is 11.6 Å². The van der Waals surface area contributed by atoms with Gasteiger partial charge in [-0.05, 0) is 38.0 Å². The second kappa shape index (κ2) is 5.74. The molecule has 0 radical (unpaired) electrons. The zero-order valence-corrected chi connectivity index (χ0v) is 15.1. The second-order valence-electron chi connectivity index (χ2n) is 7.68. The highest BCUT2D eigenvalue weighted by atomic mass is 16.5. The van der Waals surface area contributed by atoms with Crippen molar-refractivity contribution >= 4 is 16.7 Å². The average Bonchev–Trinajstić information content (AvgIpc) is 2.60. The van der Waals surface area contributed by atoms with E-state index in [1.165, 1.54) is 12.8 Å². The Hall–Kier alpha value is -2.53. The van der Waals surface area contributed by atoms with Crippen molar-refractivity contribution in [3.8, 4) is 11.4 Å². The van der Waals surface area contributed by atoms with Gasteiger partial charge in [0, 0.05) is 48.5 Å². The molecule has 2 fully saturated rings. The number of pyridine rings is 1. The molecule has 26 heavy (non-hydrogen) atoms. The van der Waals surface area contributed by atoms with Gasteiger partial charge in [-0.1, -0.05) is 18.2 Å². The van der Waals surface area contributed by atoms with E-state index < -0.39 is 0 Å². The topological polar surface area (TPSA) is 51.1 Å². The van der Waals surface area contributed by atoms with E-state index in [0.717, 1.165) is 46.9 Å². The van der Waals surface area contributed by atoms with Crippen LogP contribution in [0.4, 0.5) is 5.82 Å². The molecule has 1 spiro atoms. The minimum absolute atomic E-state index is 0.459. The standard InChI is InChI=1S/C21H22N4O/c1-14-17-5-3-4-6-18(17)24-20(23-14)15-7-8-19(22-11-15)25-12-21(13-25)9-16(10-21)26-2/h3-8,11,16H,9-10,12-13H2,1-2H3. The normalized spacial score (nSPS) is 18.8. The molecular weight excluding hydrogens is 324 g/mol. The molecule has 3 heterocycles. The van der Waals surface area contributed by atoms with Crippen LogP contribution in [0.25, 0.3) is 22.3 Å². The minimum atomic E-state index is 0.459. The van der Waals surface area contributed by atoms with Gasteiger partial charge in [0.25, 0.3) is 0 Å². The van der Waals surface area contributed by atoms with Crippen molar-refractivity contribution in [3.05, 3.63) is 48.3 Å². The number of aromatic nitrogens is 3. The maximum atomic E-state index is 5.42. The zero-order valence-electron chi connectivity index (χ0n) is 15.1. The lowest BCUT2D eigenvalue weighted by Gasteiger charge is -2.59. The SMILES string of the molecule is COC1CC2(C1)CN(c1ccc(-c3nc(C)c4ccccc4n3)cn1)C2. The van der Waals surface area contributed by atoms with Crippen molar-refractivity contribution in [1.29, 1.82) is 0 Å². The van der Waals surface area contributed by atoms with Crippen molar-refractivity contribution < 1.29 is 4.74 Å². The number of nitrogens with zero attached hydrogens (tertiary/aromatic N) is 4. The summed E-state index contributed by atoms with van der Waals surface area (Å²) in [6, 6.07) is 12.3. The maximum absolute atomic E-state index is 5.42. The van der Waals surface area contributed by atoms with Crippen LogP contribution < -0.4 is 4.90 Å². The first-order valence-electron chi connectivity index (χ1n) is 9.13. The van der Waals surface area contributed by atoms with Gasteiger partial charge in [0.15, 0.2) is 5.82 Å². The Bertz CT molecular complexity index is 955. The third kappa shape index (κ3) is 2.46. The molecule has 1 saturated carbocycles. The van der Waals surface area contributed by atoms with Gasteiger partial charge in [0.2, 0.25) is 0 Å². The van der Waals surface area contributed by atoms with Crippen molar-refractivity contribution in [2.75, 3.05) is 25.1 Å². The van der Waals surface area contributed by atoms with E-state index in [0.29, 0.717) is 11.5 Å². The Morgan fingerprint density at radius 1 is 1.08 bits per heavy atom. The van der Waals surface area contributed by atoms with Gasteiger partial charge in [-0.2, -0.15) is 0 Å². The number of benzene rings is 1. The molecule has 1 saturated heterocycles. The molecule has 5 nitrogen and oxygen atoms in total. The number of fused-ring (bicyclic) bond motifs is 1. The molecule has 0 bridgehead atoms. The van der Waals surface area contributed by atoms with E-state index in [1.54, 1.807) is 0 Å². The molecule has 3 aromatic rings. The first-order chi connectivity index (χ1) is 12.7. The van der Waals surface area contributed by atoms with Gasteiger partial charge in [-0.15, -0.1) is 0 Å². The molecule has 2 aromatic heterocycles. The lowest BCUT2D eigenvalue weighted by molar-refractivity contribution is -0.0733. The summed E-state index contributed by atoms with van der Waals surface area (Å²) < 4.78 is 5.42. The van der Waals surface area contributed by atoms with Gasteiger partial charge >= 0.3 is 0 Å². The molecule has 1 aliphatic heterocycles. The number of methoxy groups -OCH3 is 1. The highest BCUT2D eigenvalue weighted by molar-refractivity contribution is 5.82. The van der Waals surface area contributed by atoms with Crippen LogP contribution in [0.5, 0.6) is 0 Å². The molecular formula is C21H22N4O. The van der Waals surface area contributed by atoms with Crippen LogP contribution in [-0.2, 0) is 4.74 Å². The number of rotatable bonds is 3. The van der Waals surface area contributed by atoms with Gasteiger partial charge in [-0.25, -0.2) is 15.0 Å². The van der Waals surface area contributed by atoms with Gasteiger partial charge in [-0.3, -0.25) is 0 Å². The Kier molecular flexibility index (Phi) is 3.47. The molecule has 132 valence electrons. The monoisotopic (exact) mass is 346 g/mol. The summed E-state index contributed by atoms with van der Waals surface area (Å²) in [4.78, 5) is 16.4. The third-order valence-electron chi connectivity index (χ3n) is 5.83. The summed E-state index contributed by atoms with van der Waals surface area (Å²) in [6.07, 6.45) is 4.72. The first-order valence-corrected chi connectivity index (χ1v) is 9.13. The predicted molar refractivity (Wildman–Crippen MR) is 102 cm³/mol. The van der Waals surface area contributed by atoms with E-state index in [9.17, 15) is 0 Å². The number of anilines is 1. The molecule has 0 amide bonds. The number of para-hydroxylation sites is 1. The summed E-state index contributed by atoms with van der Waals surface area (Å²) in [5, 5.41) is 1.10. The quantitative estimate of drug-likeness (QED) is 0.725. The van der Waals surface area contributed by atoms with E-state index in [-0.39, 0.29) is 0 Å². The third-order valence-corrected chi connectivity index (χ3v) is 5.83. The van der Waals surface area contributed by atoms with Crippen LogP contribution in [-0.4, -0.2) is 41.3 Å². The molecule has 5 rings (SSSR count). The molecule has 0 unspecified atom stereocenters. The van der Waals surface area contributed by atoms with Crippen LogP contribution >= 0.6 is 0 Å². The molecule has 0 N–H and O–H groups in total. The Morgan fingerprint density at radius 2 is 1.88 bits per heavy atom. The summed E-state index contributed by atoms with van der Waals surface area (Å²) >= 11 is 0. The fourth-order valence-electron chi connectivity index (χ4n) is 4.33. The molecule has 0 atom stereocenters. The Labute approximate surface area is 153 Å². The Balaban J connectivity index is 1.35. The molecule has 1 aliphatic carbocycles. The second-order valence-corrected chi connectivity index (χ2v) is 7.68. The highest BCUT2D eigenvalue weighted by Gasteiger charge is 2.52. The summed E-state index contributed by atoms with van der Waals surface area (Å²) in [5.41, 5.74) is 3.40. The lowest BCUT2D eigenvalue weighted by atomic mass is 9.62. The van der Waals surface area contributed by atoms with E-state index in [1.807, 2.05) is 38.4 Å². The first kappa shape index (κ1) is 15.7. The van der Waals surface area contributed by atoms with Crippen LogP contribution in [0, 0.1) is 12.3 Å². The number of hydrogen-bond acceptors (Lipinski definition) is 5. The van der Waals surface area contributed by atoms with E-state index in [2.05, 4.69) is 33.1 Å². The highest BCUT2D eigenvalue weighted by Crippen LogP contribution is 2.50. The Morgan fingerprint density at radius 3 is 2.62 bits per heavy atom. The van der Waals surface area contributed by atoms with Crippen LogP contribution in [0.1, 0.15) is 18.5 Å². The largest absolute Gasteiger partial charge is 0.381 e. The van der Waals surface area contributed by atoms with E-state index in [4.69, 9.17) is 9.72 Å². The van der Waals surface area contributed by atoms with Crippen molar-refractivity contribution in [1.82, 2.24) is 15.0 Å². The predicted octanol–water partition coefficient (Wildman–Crippen LogP) is 3.62. The van der Waals surface area contributed by atoms with Crippen LogP contribution in [0.3, 0.4) is 0 Å². The average molecular weight is 346 g/mol. The zero-order chi connectivity index (χ0) is 17.7. The molecule has 1 aromatic carbocycles. The number of aryl methyl sites for hydroxylation is 1. The minimum Gasteiger partial charge on any atom is -0.381 e. The van der Waals surface area contributed by atoms with E-state index >= 15 is 0 Å².